The number of amides is 1. The van der Waals surface area contributed by atoms with Crippen molar-refractivity contribution in [2.24, 2.45) is 11.3 Å². The van der Waals surface area contributed by atoms with Crippen molar-refractivity contribution in [1.29, 1.82) is 0 Å². The minimum Gasteiger partial charge on any atom is -0.476 e. The number of carbonyl (C=O) groups is 1. The summed E-state index contributed by atoms with van der Waals surface area (Å²) in [6.07, 6.45) is 0.374. The first-order chi connectivity index (χ1) is 8.85. The van der Waals surface area contributed by atoms with Gasteiger partial charge in [0.1, 0.15) is 0 Å². The molecule has 1 unspecified atom stereocenters. The molecule has 0 aromatic carbocycles. The average Bonchev–Trinajstić information content (AvgIpc) is 2.36. The van der Waals surface area contributed by atoms with E-state index in [9.17, 15) is 15.0 Å². The van der Waals surface area contributed by atoms with Gasteiger partial charge in [0, 0.05) is 12.0 Å². The van der Waals surface area contributed by atoms with Gasteiger partial charge in [-0.1, -0.05) is 27.4 Å². The molecule has 0 spiro atoms. The molecule has 1 amide bonds. The van der Waals surface area contributed by atoms with Gasteiger partial charge < -0.3 is 25.0 Å². The molecule has 19 heavy (non-hydrogen) atoms. The van der Waals surface area contributed by atoms with Gasteiger partial charge >= 0.3 is 0 Å². The van der Waals surface area contributed by atoms with Gasteiger partial charge in [0.05, 0.1) is 18.8 Å². The quantitative estimate of drug-likeness (QED) is 0.309. The topological polar surface area (TPSA) is 88.0 Å². The first-order valence-corrected chi connectivity index (χ1v) is 6.29. The van der Waals surface area contributed by atoms with Gasteiger partial charge in [-0.05, 0) is 6.42 Å². The first kappa shape index (κ1) is 17.9. The highest BCUT2D eigenvalue weighted by Crippen LogP contribution is 2.19. The van der Waals surface area contributed by atoms with Crippen LogP contribution in [0.1, 0.15) is 27.2 Å². The van der Waals surface area contributed by atoms with Crippen LogP contribution in [0.4, 0.5) is 0 Å². The Morgan fingerprint density at radius 2 is 2.11 bits per heavy atom. The van der Waals surface area contributed by atoms with Crippen molar-refractivity contribution in [3.05, 3.63) is 12.8 Å². The van der Waals surface area contributed by atoms with Crippen LogP contribution in [0, 0.1) is 11.3 Å². The molecule has 0 fully saturated rings. The zero-order valence-corrected chi connectivity index (χ0v) is 11.9. The second-order valence-electron chi connectivity index (χ2n) is 4.94. The second-order valence-corrected chi connectivity index (χ2v) is 4.94. The lowest BCUT2D eigenvalue weighted by atomic mass is 9.89. The predicted molar refractivity (Wildman–Crippen MR) is 70.9 cm³/mol. The van der Waals surface area contributed by atoms with Crippen molar-refractivity contribution in [2.75, 3.05) is 19.9 Å². The lowest BCUT2D eigenvalue weighted by Crippen LogP contribution is -2.42. The first-order valence-electron chi connectivity index (χ1n) is 6.29. The molecule has 112 valence electrons. The molecule has 0 radical (unpaired) electrons. The van der Waals surface area contributed by atoms with Gasteiger partial charge in [-0.15, -0.1) is 0 Å². The van der Waals surface area contributed by atoms with Crippen molar-refractivity contribution in [3.8, 4) is 0 Å². The van der Waals surface area contributed by atoms with Crippen molar-refractivity contribution in [3.63, 3.8) is 0 Å². The van der Waals surface area contributed by atoms with Gasteiger partial charge in [-0.3, -0.25) is 4.79 Å². The fourth-order valence-electron chi connectivity index (χ4n) is 1.17. The molecule has 0 saturated heterocycles. The average molecular weight is 275 g/mol. The van der Waals surface area contributed by atoms with Crippen LogP contribution in [0.5, 0.6) is 0 Å². The summed E-state index contributed by atoms with van der Waals surface area (Å²) in [5.41, 5.74) is -0.474. The van der Waals surface area contributed by atoms with E-state index >= 15 is 0 Å². The molecule has 0 rings (SSSR count). The molecule has 6 heteroatoms. The lowest BCUT2D eigenvalue weighted by Gasteiger charge is -2.24. The van der Waals surface area contributed by atoms with E-state index in [2.05, 4.69) is 11.9 Å². The number of ether oxygens (including phenoxy) is 2. The number of aliphatic hydroxyl groups is 2. The Morgan fingerprint density at radius 3 is 2.58 bits per heavy atom. The number of carbonyl (C=O) groups excluding carboxylic acids is 1. The summed E-state index contributed by atoms with van der Waals surface area (Å²) in [4.78, 5) is 11.8. The largest absolute Gasteiger partial charge is 0.476 e. The Kier molecular flexibility index (Phi) is 8.38. The van der Waals surface area contributed by atoms with Crippen molar-refractivity contribution in [1.82, 2.24) is 5.32 Å². The fourth-order valence-corrected chi connectivity index (χ4v) is 1.17. The Hall–Kier alpha value is -1.11. The van der Waals surface area contributed by atoms with E-state index in [1.54, 1.807) is 0 Å². The van der Waals surface area contributed by atoms with Gasteiger partial charge in [0.15, 0.2) is 13.1 Å². The van der Waals surface area contributed by atoms with Crippen LogP contribution in [0.25, 0.3) is 0 Å². The van der Waals surface area contributed by atoms with Gasteiger partial charge in [0.2, 0.25) is 5.91 Å². The number of hydrogen-bond acceptors (Lipinski definition) is 5. The van der Waals surface area contributed by atoms with Gasteiger partial charge in [0.25, 0.3) is 0 Å². The van der Waals surface area contributed by atoms with Gasteiger partial charge in [-0.2, -0.15) is 0 Å². The Labute approximate surface area is 114 Å². The molecule has 0 aliphatic rings. The fraction of sp³-hybridized carbons (Fsp3) is 0.769. The van der Waals surface area contributed by atoms with Crippen molar-refractivity contribution < 1.29 is 24.5 Å². The Morgan fingerprint density at radius 1 is 1.47 bits per heavy atom. The molecule has 0 aliphatic heterocycles. The van der Waals surface area contributed by atoms with Gasteiger partial charge in [-0.25, -0.2) is 0 Å². The maximum Gasteiger partial charge on any atom is 0.225 e. The van der Waals surface area contributed by atoms with Crippen LogP contribution in [-0.4, -0.2) is 42.4 Å². The third kappa shape index (κ3) is 7.15. The maximum atomic E-state index is 11.8. The molecule has 0 aromatic rings. The van der Waals surface area contributed by atoms with E-state index in [1.165, 1.54) is 6.26 Å². The van der Waals surface area contributed by atoms with Crippen LogP contribution >= 0.6 is 0 Å². The zero-order valence-electron chi connectivity index (χ0n) is 11.9. The minimum absolute atomic E-state index is 0.0128. The third-order valence-electron chi connectivity index (χ3n) is 3.05. The maximum absolute atomic E-state index is 11.8. The summed E-state index contributed by atoms with van der Waals surface area (Å²) >= 11 is 0. The molecule has 0 bridgehead atoms. The molecule has 0 heterocycles. The summed E-state index contributed by atoms with van der Waals surface area (Å²) in [7, 11) is 0. The lowest BCUT2D eigenvalue weighted by molar-refractivity contribution is -0.134. The van der Waals surface area contributed by atoms with E-state index in [0.29, 0.717) is 6.42 Å². The predicted octanol–water partition coefficient (Wildman–Crippen LogP) is 0.600. The van der Waals surface area contributed by atoms with Crippen LogP contribution in [0.3, 0.4) is 0 Å². The number of hydrogen-bond donors (Lipinski definition) is 3. The third-order valence-corrected chi connectivity index (χ3v) is 3.05. The molecule has 0 saturated carbocycles. The van der Waals surface area contributed by atoms with E-state index in [1.807, 2.05) is 20.8 Å². The molecular formula is C13H25NO5. The molecule has 3 N–H and O–H groups in total. The summed E-state index contributed by atoms with van der Waals surface area (Å²) in [5, 5.41) is 21.1. The number of aliphatic hydroxyl groups excluding tert-OH is 1. The molecule has 0 aromatic heterocycles. The Bertz CT molecular complexity index is 278. The van der Waals surface area contributed by atoms with E-state index in [0.717, 1.165) is 0 Å². The standard InChI is InChI=1S/C13H25NO5/c1-5-13(3,4)12(17)14-7-10(11(15)16)8-19-9-18-6-2/h6,10-11,15-16H,2,5,7-9H2,1,3-4H3,(H,14,17). The molecule has 1 atom stereocenters. The highest BCUT2D eigenvalue weighted by molar-refractivity contribution is 5.81. The minimum atomic E-state index is -1.56. The summed E-state index contributed by atoms with van der Waals surface area (Å²) < 4.78 is 9.83. The normalized spacial score (nSPS) is 13.2. The van der Waals surface area contributed by atoms with Crippen LogP contribution in [0.15, 0.2) is 12.8 Å². The van der Waals surface area contributed by atoms with Crippen LogP contribution in [-0.2, 0) is 14.3 Å². The second kappa shape index (κ2) is 8.90. The summed E-state index contributed by atoms with van der Waals surface area (Å²) in [6, 6.07) is 0. The highest BCUT2D eigenvalue weighted by atomic mass is 16.7. The Balaban J connectivity index is 4.14. The van der Waals surface area contributed by atoms with E-state index < -0.39 is 17.6 Å². The highest BCUT2D eigenvalue weighted by Gasteiger charge is 2.26. The summed E-state index contributed by atoms with van der Waals surface area (Å²) in [5.74, 6) is -0.729. The monoisotopic (exact) mass is 275 g/mol. The van der Waals surface area contributed by atoms with Crippen molar-refractivity contribution in [2.45, 2.75) is 33.5 Å². The zero-order chi connectivity index (χ0) is 14.9. The number of nitrogens with one attached hydrogen (secondary N) is 1. The SMILES string of the molecule is C=COCOCC(CNC(=O)C(C)(C)CC)C(O)O. The number of rotatable bonds is 10. The molecule has 0 aliphatic carbocycles. The van der Waals surface area contributed by atoms with Crippen LogP contribution < -0.4 is 5.32 Å². The van der Waals surface area contributed by atoms with Crippen molar-refractivity contribution >= 4 is 5.91 Å². The van der Waals surface area contributed by atoms with Crippen LogP contribution in [0.2, 0.25) is 0 Å². The smallest absolute Gasteiger partial charge is 0.225 e. The molecular weight excluding hydrogens is 250 g/mol. The molecule has 6 nitrogen and oxygen atoms in total. The summed E-state index contributed by atoms with van der Waals surface area (Å²) in [6.45, 7) is 9.13. The van der Waals surface area contributed by atoms with E-state index in [4.69, 9.17) is 9.47 Å². The van der Waals surface area contributed by atoms with E-state index in [-0.39, 0.29) is 25.9 Å².